The topological polar surface area (TPSA) is 0 Å². The minimum Gasteiger partial charge on any atom is -0.246 e. The van der Waals surface area contributed by atoms with E-state index < -0.39 is 0 Å². The summed E-state index contributed by atoms with van der Waals surface area (Å²) < 4.78 is 12.6. The number of rotatable bonds is 9. The predicted octanol–water partition coefficient (Wildman–Crippen LogP) is 8.28. The van der Waals surface area contributed by atoms with Gasteiger partial charge in [0.1, 0.15) is 6.67 Å². The van der Waals surface area contributed by atoms with Crippen LogP contribution in [-0.4, -0.2) is 0 Å². The number of benzene rings is 1. The molecule has 0 aromatic heterocycles. The van der Waals surface area contributed by atoms with Crippen molar-refractivity contribution in [2.24, 2.45) is 23.7 Å². The van der Waals surface area contributed by atoms with E-state index in [4.69, 9.17) is 0 Å². The van der Waals surface area contributed by atoms with Crippen LogP contribution in [-0.2, 0) is 13.1 Å². The van der Waals surface area contributed by atoms with Crippen LogP contribution in [0, 0.1) is 23.7 Å². The zero-order chi connectivity index (χ0) is 18.9. The Morgan fingerprint density at radius 3 is 1.74 bits per heavy atom. The number of unbranched alkanes of at least 4 members (excludes halogenated alkanes) is 2. The van der Waals surface area contributed by atoms with Gasteiger partial charge in [-0.3, -0.25) is 0 Å². The summed E-state index contributed by atoms with van der Waals surface area (Å²) in [7, 11) is 0. The number of alkyl halides is 1. The van der Waals surface area contributed by atoms with Gasteiger partial charge >= 0.3 is 0 Å². The Morgan fingerprint density at radius 1 is 0.704 bits per heavy atom. The molecule has 0 heterocycles. The summed E-state index contributed by atoms with van der Waals surface area (Å²) in [5, 5.41) is 0. The summed E-state index contributed by atoms with van der Waals surface area (Å²) >= 11 is 0. The van der Waals surface area contributed by atoms with Crippen molar-refractivity contribution in [1.82, 2.24) is 0 Å². The molecular weight excluding hydrogens is 331 g/mol. The summed E-state index contributed by atoms with van der Waals surface area (Å²) in [6.07, 6.45) is 20.2. The molecular formula is C26H41F. The number of halogens is 1. The zero-order valence-corrected chi connectivity index (χ0v) is 17.6. The summed E-state index contributed by atoms with van der Waals surface area (Å²) in [4.78, 5) is 0. The van der Waals surface area contributed by atoms with E-state index in [9.17, 15) is 4.39 Å². The highest BCUT2D eigenvalue weighted by Crippen LogP contribution is 2.43. The molecule has 1 aromatic rings. The van der Waals surface area contributed by atoms with Crippen molar-refractivity contribution in [2.45, 2.75) is 103 Å². The summed E-state index contributed by atoms with van der Waals surface area (Å²) in [6, 6.07) is 8.15. The molecule has 0 spiro atoms. The number of hydrogen-bond acceptors (Lipinski definition) is 0. The maximum Gasteiger partial charge on any atom is 0.115 e. The second-order valence-electron chi connectivity index (χ2n) is 9.55. The molecule has 152 valence electrons. The van der Waals surface area contributed by atoms with Gasteiger partial charge in [-0.15, -0.1) is 0 Å². The van der Waals surface area contributed by atoms with Crippen LogP contribution in [0.5, 0.6) is 0 Å². The lowest BCUT2D eigenvalue weighted by Crippen LogP contribution is -2.26. The highest BCUT2D eigenvalue weighted by Gasteiger charge is 2.30. The summed E-state index contributed by atoms with van der Waals surface area (Å²) in [5.41, 5.74) is 2.19. The molecule has 2 aliphatic rings. The highest BCUT2D eigenvalue weighted by molar-refractivity contribution is 5.22. The Kier molecular flexibility index (Phi) is 8.68. The molecule has 2 saturated carbocycles. The maximum atomic E-state index is 12.6. The molecule has 0 saturated heterocycles. The molecule has 2 fully saturated rings. The zero-order valence-electron chi connectivity index (χ0n) is 17.6. The molecule has 0 bridgehead atoms. The van der Waals surface area contributed by atoms with Crippen molar-refractivity contribution >= 4 is 0 Å². The van der Waals surface area contributed by atoms with Crippen molar-refractivity contribution in [3.8, 4) is 0 Å². The lowest BCUT2D eigenvalue weighted by molar-refractivity contribution is 0.140. The molecule has 27 heavy (non-hydrogen) atoms. The van der Waals surface area contributed by atoms with Gasteiger partial charge in [0.25, 0.3) is 0 Å². The van der Waals surface area contributed by atoms with E-state index in [1.54, 1.807) is 0 Å². The van der Waals surface area contributed by atoms with Crippen molar-refractivity contribution in [1.29, 1.82) is 0 Å². The van der Waals surface area contributed by atoms with E-state index in [1.165, 1.54) is 95.5 Å². The quantitative estimate of drug-likeness (QED) is 0.382. The molecule has 1 heteroatoms. The SMILES string of the molecule is CCCCCC1CCC(C2CCC(CCc3ccc(CF)cc3)CC2)CC1. The van der Waals surface area contributed by atoms with Crippen LogP contribution in [0.1, 0.15) is 102 Å². The van der Waals surface area contributed by atoms with Gasteiger partial charge in [0.15, 0.2) is 0 Å². The first-order valence-corrected chi connectivity index (χ1v) is 11.9. The molecule has 0 unspecified atom stereocenters. The average molecular weight is 373 g/mol. The number of aryl methyl sites for hydroxylation is 1. The van der Waals surface area contributed by atoms with Gasteiger partial charge in [0.2, 0.25) is 0 Å². The Morgan fingerprint density at radius 2 is 1.22 bits per heavy atom. The predicted molar refractivity (Wildman–Crippen MR) is 115 cm³/mol. The number of hydrogen-bond donors (Lipinski definition) is 0. The first-order chi connectivity index (χ1) is 13.3. The molecule has 0 atom stereocenters. The van der Waals surface area contributed by atoms with Gasteiger partial charge in [-0.25, -0.2) is 4.39 Å². The van der Waals surface area contributed by atoms with E-state index >= 15 is 0 Å². The smallest absolute Gasteiger partial charge is 0.115 e. The van der Waals surface area contributed by atoms with Gasteiger partial charge in [0.05, 0.1) is 0 Å². The average Bonchev–Trinajstić information content (AvgIpc) is 2.74. The van der Waals surface area contributed by atoms with Crippen molar-refractivity contribution < 1.29 is 4.39 Å². The van der Waals surface area contributed by atoms with E-state index in [0.717, 1.165) is 29.2 Å². The molecule has 0 amide bonds. The standard InChI is InChI=1S/C26H41F/c1-2-3-4-5-21-12-16-25(17-13-21)26-18-14-23(15-19-26)7-6-22-8-10-24(20-27)11-9-22/h8-11,21,23,25-26H,2-7,12-20H2,1H3. The van der Waals surface area contributed by atoms with Gasteiger partial charge < -0.3 is 0 Å². The molecule has 3 rings (SSSR count). The van der Waals surface area contributed by atoms with Crippen LogP contribution in [0.15, 0.2) is 24.3 Å². The molecule has 0 aliphatic heterocycles. The Labute approximate surface area is 167 Å². The lowest BCUT2D eigenvalue weighted by atomic mass is 9.68. The van der Waals surface area contributed by atoms with Gasteiger partial charge in [-0.1, -0.05) is 82.6 Å². The van der Waals surface area contributed by atoms with Crippen molar-refractivity contribution in [3.05, 3.63) is 35.4 Å². The minimum absolute atomic E-state index is 0.342. The van der Waals surface area contributed by atoms with Crippen LogP contribution in [0.3, 0.4) is 0 Å². The van der Waals surface area contributed by atoms with Crippen molar-refractivity contribution in [2.75, 3.05) is 0 Å². The molecule has 1 aromatic carbocycles. The first kappa shape index (κ1) is 20.9. The van der Waals surface area contributed by atoms with Crippen LogP contribution in [0.2, 0.25) is 0 Å². The van der Waals surface area contributed by atoms with Crippen LogP contribution < -0.4 is 0 Å². The minimum atomic E-state index is -0.342. The maximum absolute atomic E-state index is 12.6. The normalized spacial score (nSPS) is 29.0. The third kappa shape index (κ3) is 6.61. The highest BCUT2D eigenvalue weighted by atomic mass is 19.1. The van der Waals surface area contributed by atoms with E-state index in [-0.39, 0.29) is 6.67 Å². The Hall–Kier alpha value is -0.850. The van der Waals surface area contributed by atoms with Crippen molar-refractivity contribution in [3.63, 3.8) is 0 Å². The summed E-state index contributed by atoms with van der Waals surface area (Å²) in [5.74, 6) is 4.05. The van der Waals surface area contributed by atoms with E-state index in [1.807, 2.05) is 12.1 Å². The first-order valence-electron chi connectivity index (χ1n) is 11.9. The second-order valence-corrected chi connectivity index (χ2v) is 9.55. The molecule has 0 nitrogen and oxygen atoms in total. The Balaban J connectivity index is 1.32. The third-order valence-corrected chi connectivity index (χ3v) is 7.68. The fourth-order valence-corrected chi connectivity index (χ4v) is 5.75. The van der Waals surface area contributed by atoms with Gasteiger partial charge in [-0.05, 0) is 73.3 Å². The van der Waals surface area contributed by atoms with Gasteiger partial charge in [-0.2, -0.15) is 0 Å². The molecule has 0 N–H and O–H groups in total. The van der Waals surface area contributed by atoms with Crippen LogP contribution in [0.4, 0.5) is 4.39 Å². The lowest BCUT2D eigenvalue weighted by Gasteiger charge is -2.38. The van der Waals surface area contributed by atoms with Crippen LogP contribution >= 0.6 is 0 Å². The Bertz CT molecular complexity index is 504. The molecule has 0 radical (unpaired) electrons. The fourth-order valence-electron chi connectivity index (χ4n) is 5.75. The van der Waals surface area contributed by atoms with Gasteiger partial charge in [0, 0.05) is 0 Å². The monoisotopic (exact) mass is 372 g/mol. The largest absolute Gasteiger partial charge is 0.246 e. The fraction of sp³-hybridized carbons (Fsp3) is 0.769. The third-order valence-electron chi connectivity index (χ3n) is 7.68. The summed E-state index contributed by atoms with van der Waals surface area (Å²) in [6.45, 7) is 1.97. The molecule has 2 aliphatic carbocycles. The van der Waals surface area contributed by atoms with Crippen LogP contribution in [0.25, 0.3) is 0 Å². The second kappa shape index (κ2) is 11.2. The van der Waals surface area contributed by atoms with E-state index in [2.05, 4.69) is 19.1 Å². The van der Waals surface area contributed by atoms with E-state index in [0.29, 0.717) is 0 Å².